The lowest BCUT2D eigenvalue weighted by Gasteiger charge is -2.17. The normalized spacial score (nSPS) is 17.0. The van der Waals surface area contributed by atoms with Crippen LogP contribution in [0.2, 0.25) is 0 Å². The molecule has 1 atom stereocenters. The average molecular weight is 494 g/mol. The number of fused-ring (bicyclic) bond motifs is 1. The Morgan fingerprint density at radius 3 is 2.56 bits per heavy atom. The number of likely N-dealkylation sites (tertiary alicyclic amines) is 1. The maximum Gasteiger partial charge on any atom is 0.204 e. The maximum absolute atomic E-state index is 8.58. The highest BCUT2D eigenvalue weighted by Gasteiger charge is 2.23. The van der Waals surface area contributed by atoms with Gasteiger partial charge < -0.3 is 22.2 Å². The highest BCUT2D eigenvalue weighted by Crippen LogP contribution is 2.27. The summed E-state index contributed by atoms with van der Waals surface area (Å²) in [5.41, 5.74) is 19.4. The molecule has 0 spiro atoms. The number of hydrogen-bond donors (Lipinski definition) is 4. The minimum atomic E-state index is 0.250. The molecule has 1 aliphatic heterocycles. The lowest BCUT2D eigenvalue weighted by atomic mass is 10.1. The molecular formula is C28H43N7O. The second-order valence-electron chi connectivity index (χ2n) is 9.61. The van der Waals surface area contributed by atoms with Gasteiger partial charge in [0.1, 0.15) is 0 Å². The number of aromatic nitrogens is 3. The molecule has 0 saturated carbocycles. The van der Waals surface area contributed by atoms with Gasteiger partial charge in [0.2, 0.25) is 6.41 Å². The molecule has 2 aromatic heterocycles. The number of hydrogen-bond acceptors (Lipinski definition) is 5. The SMILES string of the molecule is CN1CCCC1c1cc(=C/N)/c(=C\Cc2ccc3c(cnn3CCCCCCCCN)c2)[nH]1.NC=O. The first kappa shape index (κ1) is 27.5. The first-order chi connectivity index (χ1) is 17.6. The van der Waals surface area contributed by atoms with E-state index >= 15 is 0 Å². The van der Waals surface area contributed by atoms with Crippen LogP contribution in [0.3, 0.4) is 0 Å². The first-order valence-corrected chi connectivity index (χ1v) is 13.2. The highest BCUT2D eigenvalue weighted by atomic mass is 16.1. The molecule has 196 valence electrons. The number of nitrogens with two attached hydrogens (primary N) is 3. The van der Waals surface area contributed by atoms with Gasteiger partial charge in [-0.1, -0.05) is 37.8 Å². The van der Waals surface area contributed by atoms with Gasteiger partial charge in [-0.25, -0.2) is 0 Å². The van der Waals surface area contributed by atoms with E-state index < -0.39 is 0 Å². The van der Waals surface area contributed by atoms with Crippen LogP contribution in [0.5, 0.6) is 0 Å². The number of benzene rings is 1. The Kier molecular flexibility index (Phi) is 11.0. The Labute approximate surface area is 214 Å². The standard InChI is InChI=1S/C27H40N6.CH3NO/c1-32-15-8-9-27(32)25-18-22(19-29)24(31-25)12-10-21-11-13-26-23(17-21)20-30-33(26)16-7-5-3-2-4-6-14-28;2-1-3/h11-13,17-20,27,31H,2-10,14-16,28-29H2,1H3;1H,(H2,2,3)/b22-19-,24-12+;. The van der Waals surface area contributed by atoms with Gasteiger partial charge in [0.05, 0.1) is 11.7 Å². The van der Waals surface area contributed by atoms with Crippen LogP contribution in [0.4, 0.5) is 0 Å². The van der Waals surface area contributed by atoms with Crippen LogP contribution in [-0.2, 0) is 17.8 Å². The van der Waals surface area contributed by atoms with Crippen molar-refractivity contribution in [1.82, 2.24) is 19.7 Å². The van der Waals surface area contributed by atoms with Crippen LogP contribution in [0.15, 0.2) is 30.5 Å². The van der Waals surface area contributed by atoms with Crippen LogP contribution < -0.4 is 27.8 Å². The van der Waals surface area contributed by atoms with Gasteiger partial charge in [0, 0.05) is 40.4 Å². The van der Waals surface area contributed by atoms with Crippen LogP contribution in [0.25, 0.3) is 23.2 Å². The molecule has 0 aliphatic carbocycles. The molecule has 1 aliphatic rings. The zero-order chi connectivity index (χ0) is 25.8. The Hall–Kier alpha value is -3.10. The Morgan fingerprint density at radius 2 is 1.86 bits per heavy atom. The quantitative estimate of drug-likeness (QED) is 0.240. The molecule has 4 rings (SSSR count). The van der Waals surface area contributed by atoms with E-state index in [-0.39, 0.29) is 6.41 Å². The third kappa shape index (κ3) is 7.45. The molecule has 0 radical (unpaired) electrons. The van der Waals surface area contributed by atoms with E-state index in [0.717, 1.165) is 43.0 Å². The summed E-state index contributed by atoms with van der Waals surface area (Å²) in [6, 6.07) is 9.39. The number of amides is 1. The lowest BCUT2D eigenvalue weighted by Crippen LogP contribution is -2.24. The van der Waals surface area contributed by atoms with Gasteiger partial charge in [-0.05, 0) is 76.0 Å². The molecule has 1 aromatic carbocycles. The summed E-state index contributed by atoms with van der Waals surface area (Å²) in [7, 11) is 2.20. The van der Waals surface area contributed by atoms with Crippen molar-refractivity contribution in [2.45, 2.75) is 70.4 Å². The molecule has 36 heavy (non-hydrogen) atoms. The van der Waals surface area contributed by atoms with Gasteiger partial charge in [0.15, 0.2) is 0 Å². The van der Waals surface area contributed by atoms with Crippen LogP contribution in [0.1, 0.15) is 68.7 Å². The number of aromatic amines is 1. The van der Waals surface area contributed by atoms with Crippen molar-refractivity contribution in [3.8, 4) is 0 Å². The largest absolute Gasteiger partial charge is 0.404 e. The van der Waals surface area contributed by atoms with E-state index in [0.29, 0.717) is 6.04 Å². The summed E-state index contributed by atoms with van der Waals surface area (Å²) >= 11 is 0. The number of unbranched alkanes of at least 4 members (excludes halogenated alkanes) is 5. The van der Waals surface area contributed by atoms with Crippen LogP contribution >= 0.6 is 0 Å². The van der Waals surface area contributed by atoms with E-state index in [2.05, 4.69) is 62.8 Å². The molecule has 8 heteroatoms. The minimum Gasteiger partial charge on any atom is -0.404 e. The molecule has 1 saturated heterocycles. The van der Waals surface area contributed by atoms with Gasteiger partial charge in [-0.3, -0.25) is 14.4 Å². The summed E-state index contributed by atoms with van der Waals surface area (Å²) in [6.07, 6.45) is 17.0. The Morgan fingerprint density at radius 1 is 1.11 bits per heavy atom. The van der Waals surface area contributed by atoms with Crippen molar-refractivity contribution < 1.29 is 4.79 Å². The molecular weight excluding hydrogens is 450 g/mol. The van der Waals surface area contributed by atoms with Gasteiger partial charge in [-0.2, -0.15) is 5.10 Å². The molecule has 3 heterocycles. The van der Waals surface area contributed by atoms with E-state index in [1.807, 2.05) is 6.20 Å². The first-order valence-electron chi connectivity index (χ1n) is 13.2. The Bertz CT molecular complexity index is 1200. The van der Waals surface area contributed by atoms with Crippen molar-refractivity contribution in [3.63, 3.8) is 0 Å². The van der Waals surface area contributed by atoms with Crippen molar-refractivity contribution in [2.75, 3.05) is 20.1 Å². The van der Waals surface area contributed by atoms with E-state index in [1.54, 1.807) is 6.20 Å². The molecule has 1 unspecified atom stereocenters. The predicted molar refractivity (Wildman–Crippen MR) is 148 cm³/mol. The fraction of sp³-hybridized carbons (Fsp3) is 0.500. The third-order valence-electron chi connectivity index (χ3n) is 7.03. The van der Waals surface area contributed by atoms with Crippen LogP contribution in [0, 0.1) is 0 Å². The number of rotatable bonds is 11. The molecule has 0 bridgehead atoms. The fourth-order valence-electron chi connectivity index (χ4n) is 5.07. The zero-order valence-electron chi connectivity index (χ0n) is 21.7. The maximum atomic E-state index is 8.58. The number of carbonyl (C=O) groups excluding carboxylic acids is 1. The second kappa shape index (κ2) is 14.5. The summed E-state index contributed by atoms with van der Waals surface area (Å²) in [6.45, 7) is 2.96. The number of aryl methyl sites for hydroxylation is 1. The smallest absolute Gasteiger partial charge is 0.204 e. The number of nitrogens with zero attached hydrogens (tertiary/aromatic N) is 3. The summed E-state index contributed by atoms with van der Waals surface area (Å²) in [5.74, 6) is 0. The topological polar surface area (TPSA) is 132 Å². The number of H-pyrrole nitrogens is 1. The van der Waals surface area contributed by atoms with Gasteiger partial charge in [-0.15, -0.1) is 0 Å². The molecule has 3 aromatic rings. The predicted octanol–water partition coefficient (Wildman–Crippen LogP) is 2.25. The van der Waals surface area contributed by atoms with Crippen molar-refractivity contribution >= 4 is 29.6 Å². The Balaban J connectivity index is 0.00000115. The fourth-order valence-corrected chi connectivity index (χ4v) is 5.07. The minimum absolute atomic E-state index is 0.250. The summed E-state index contributed by atoms with van der Waals surface area (Å²) < 4.78 is 2.15. The second-order valence-corrected chi connectivity index (χ2v) is 9.61. The zero-order valence-corrected chi connectivity index (χ0v) is 21.7. The molecule has 8 nitrogen and oxygen atoms in total. The number of carbonyl (C=O) groups is 1. The number of primary amides is 1. The van der Waals surface area contributed by atoms with E-state index in [1.165, 1.54) is 67.1 Å². The average Bonchev–Trinajstić information content (AvgIpc) is 3.60. The summed E-state index contributed by atoms with van der Waals surface area (Å²) in [4.78, 5) is 14.6. The van der Waals surface area contributed by atoms with Gasteiger partial charge in [0.25, 0.3) is 0 Å². The van der Waals surface area contributed by atoms with Gasteiger partial charge >= 0.3 is 0 Å². The number of nitrogens with one attached hydrogen (secondary N) is 1. The highest BCUT2D eigenvalue weighted by molar-refractivity contribution is 5.79. The van der Waals surface area contributed by atoms with Crippen molar-refractivity contribution in [3.05, 3.63) is 52.3 Å². The molecule has 1 amide bonds. The van der Waals surface area contributed by atoms with Crippen LogP contribution in [-0.4, -0.2) is 46.2 Å². The monoisotopic (exact) mass is 493 g/mol. The van der Waals surface area contributed by atoms with Crippen molar-refractivity contribution in [1.29, 1.82) is 0 Å². The van der Waals surface area contributed by atoms with E-state index in [4.69, 9.17) is 16.3 Å². The third-order valence-corrected chi connectivity index (χ3v) is 7.03. The lowest BCUT2D eigenvalue weighted by molar-refractivity contribution is -0.106. The van der Waals surface area contributed by atoms with E-state index in [9.17, 15) is 0 Å². The summed E-state index contributed by atoms with van der Waals surface area (Å²) in [5, 5.41) is 8.06. The molecule has 1 fully saturated rings. The molecule has 7 N–H and O–H groups in total. The van der Waals surface area contributed by atoms with Crippen molar-refractivity contribution in [2.24, 2.45) is 17.2 Å².